The van der Waals surface area contributed by atoms with Gasteiger partial charge in [0.05, 0.1) is 89.4 Å². The molecule has 4 atom stereocenters. The molecule has 68 heavy (non-hydrogen) atoms. The smallest absolute Gasteiger partial charge is 0.270 e. The van der Waals surface area contributed by atoms with E-state index in [4.69, 9.17) is 30.5 Å². The van der Waals surface area contributed by atoms with Crippen molar-refractivity contribution >= 4 is 51.9 Å². The lowest BCUT2D eigenvalue weighted by molar-refractivity contribution is -0.142. The maximum absolute atomic E-state index is 14.3. The Morgan fingerprint density at radius 1 is 0.882 bits per heavy atom. The number of carbonyl (C=O) groups excluding carboxylic acids is 3. The Morgan fingerprint density at radius 3 is 2.41 bits per heavy atom. The molecule has 21 heteroatoms. The lowest BCUT2D eigenvalue weighted by Crippen LogP contribution is -2.58. The molecule has 7 rings (SSSR count). The molecule has 0 saturated carbocycles. The van der Waals surface area contributed by atoms with Crippen molar-refractivity contribution in [3.8, 4) is 11.3 Å². The van der Waals surface area contributed by atoms with E-state index >= 15 is 0 Å². The van der Waals surface area contributed by atoms with E-state index in [0.29, 0.717) is 93.1 Å². The van der Waals surface area contributed by atoms with Gasteiger partial charge in [0.15, 0.2) is 0 Å². The summed E-state index contributed by atoms with van der Waals surface area (Å²) < 4.78 is 26.6. The Morgan fingerprint density at radius 2 is 1.62 bits per heavy atom. The lowest BCUT2D eigenvalue weighted by atomic mass is 10.0. The molecule has 3 aromatic carbocycles. The van der Waals surface area contributed by atoms with Gasteiger partial charge in [-0.25, -0.2) is 14.3 Å². The number of hydrogen-bond acceptors (Lipinski definition) is 15. The quantitative estimate of drug-likeness (QED) is 0.0641. The molecule has 3 amide bonds. The van der Waals surface area contributed by atoms with Crippen molar-refractivity contribution in [3.05, 3.63) is 108 Å². The molecule has 4 heterocycles. The average molecular weight is 970 g/mol. The molecule has 3 aromatic heterocycles. The Hall–Kier alpha value is -5.87. The molecule has 0 bridgehead atoms. The number of carbonyl (C=O) groups is 3. The maximum atomic E-state index is 14.3. The number of benzene rings is 3. The number of halogens is 1. The molecule has 19 nitrogen and oxygen atoms in total. The standard InChI is InChI=1S/C47H57ClN12O7S/c1-32(49-3)44(61)52-42(46(63)59-20-11-13-36(59)30-60-47(54-55-57-60)68-37-14-5-4-6-15-37)33(2)67-31-35-29-58(56-53-35)21-23-65-25-27-66-26-24-64-22-19-50-45(62)41-28-34-12-7-8-16-38(34)43(51-41)39-17-9-10-18-40(39)48/h4-10,12,14-18,28-29,32-33,36,42,49H,11,13,19-27,30-31H2,1-3H3,(H,50,62)(H,52,61)/t32-,33?,36-,42-/m0/s1. The normalized spacial score (nSPS) is 15.1. The van der Waals surface area contributed by atoms with Crippen LogP contribution in [0.5, 0.6) is 0 Å². The SMILES string of the molecule is CN[C@@H](C)C(=O)N[C@H](C(=O)N1CCC[C@H]1Cn1nnnc1Sc1ccccc1)C(C)OCc1cn(CCOCCOCCOCCNC(=O)c2cc3ccccc3c(-c3ccccc3Cl)n2)nn1. The highest BCUT2D eigenvalue weighted by Gasteiger charge is 2.38. The Kier molecular flexibility index (Phi) is 18.7. The van der Waals surface area contributed by atoms with E-state index in [1.54, 1.807) is 53.5 Å². The summed E-state index contributed by atoms with van der Waals surface area (Å²) in [4.78, 5) is 47.9. The van der Waals surface area contributed by atoms with Crippen molar-refractivity contribution in [2.45, 2.75) is 80.7 Å². The van der Waals surface area contributed by atoms with E-state index in [2.05, 4.69) is 46.8 Å². The first-order chi connectivity index (χ1) is 33.2. The van der Waals surface area contributed by atoms with Crippen LogP contribution in [0.15, 0.2) is 101 Å². The monoisotopic (exact) mass is 968 g/mol. The van der Waals surface area contributed by atoms with E-state index in [-0.39, 0.29) is 30.4 Å². The lowest BCUT2D eigenvalue weighted by Gasteiger charge is -2.32. The zero-order valence-electron chi connectivity index (χ0n) is 38.3. The van der Waals surface area contributed by atoms with Gasteiger partial charge in [0, 0.05) is 34.0 Å². The predicted molar refractivity (Wildman–Crippen MR) is 255 cm³/mol. The maximum Gasteiger partial charge on any atom is 0.270 e. The van der Waals surface area contributed by atoms with Gasteiger partial charge in [-0.05, 0) is 85.6 Å². The Labute approximate surface area is 404 Å². The molecule has 1 aliphatic rings. The van der Waals surface area contributed by atoms with E-state index in [0.717, 1.165) is 34.1 Å². The summed E-state index contributed by atoms with van der Waals surface area (Å²) in [5.74, 6) is -0.854. The third-order valence-electron chi connectivity index (χ3n) is 11.3. The van der Waals surface area contributed by atoms with Crippen molar-refractivity contribution in [2.75, 3.05) is 59.8 Å². The predicted octanol–water partition coefficient (Wildman–Crippen LogP) is 4.45. The number of ether oxygens (including phenoxy) is 4. The van der Waals surface area contributed by atoms with Gasteiger partial charge in [-0.15, -0.1) is 10.2 Å². The summed E-state index contributed by atoms with van der Waals surface area (Å²) >= 11 is 7.94. The zero-order valence-corrected chi connectivity index (χ0v) is 39.9. The second-order valence-electron chi connectivity index (χ2n) is 16.0. The fraction of sp³-hybridized carbons (Fsp3) is 0.426. The summed E-state index contributed by atoms with van der Waals surface area (Å²) in [6.07, 6.45) is 2.64. The van der Waals surface area contributed by atoms with Gasteiger partial charge >= 0.3 is 0 Å². The number of amides is 3. The highest BCUT2D eigenvalue weighted by atomic mass is 35.5. The third-order valence-corrected chi connectivity index (χ3v) is 12.6. The molecule has 3 N–H and O–H groups in total. The van der Waals surface area contributed by atoms with Crippen LogP contribution in [0.1, 0.15) is 42.9 Å². The van der Waals surface area contributed by atoms with Gasteiger partial charge in [0.1, 0.15) is 17.4 Å². The molecule has 0 radical (unpaired) electrons. The summed E-state index contributed by atoms with van der Waals surface area (Å²) in [5.41, 5.74) is 2.28. The molecule has 360 valence electrons. The fourth-order valence-corrected chi connectivity index (χ4v) is 8.51. The van der Waals surface area contributed by atoms with Gasteiger partial charge in [0.2, 0.25) is 17.0 Å². The van der Waals surface area contributed by atoms with Crippen LogP contribution in [-0.4, -0.2) is 147 Å². The third kappa shape index (κ3) is 13.9. The largest absolute Gasteiger partial charge is 0.377 e. The number of nitrogens with zero attached hydrogens (tertiary/aromatic N) is 9. The van der Waals surface area contributed by atoms with Gasteiger partial charge in [-0.3, -0.25) is 14.4 Å². The first-order valence-electron chi connectivity index (χ1n) is 22.6. The molecular weight excluding hydrogens is 912 g/mol. The second-order valence-corrected chi connectivity index (χ2v) is 17.5. The van der Waals surface area contributed by atoms with E-state index in [1.165, 1.54) is 11.8 Å². The van der Waals surface area contributed by atoms with Gasteiger partial charge in [-0.1, -0.05) is 77.5 Å². The molecular formula is C47H57ClN12O7S. The number of likely N-dealkylation sites (tertiary alicyclic amines) is 1. The number of rotatable bonds is 26. The highest BCUT2D eigenvalue weighted by Crippen LogP contribution is 2.32. The minimum atomic E-state index is -0.953. The van der Waals surface area contributed by atoms with Crippen molar-refractivity contribution < 1.29 is 33.3 Å². The molecule has 1 unspecified atom stereocenters. The topological polar surface area (TPSA) is 215 Å². The molecule has 0 spiro atoms. The Balaban J connectivity index is 0.784. The van der Waals surface area contributed by atoms with Crippen molar-refractivity contribution in [1.29, 1.82) is 0 Å². The van der Waals surface area contributed by atoms with Crippen LogP contribution >= 0.6 is 23.4 Å². The number of hydrogen-bond donors (Lipinski definition) is 3. The van der Waals surface area contributed by atoms with Crippen molar-refractivity contribution in [3.63, 3.8) is 0 Å². The molecule has 6 aromatic rings. The first-order valence-corrected chi connectivity index (χ1v) is 23.8. The molecule has 1 aliphatic heterocycles. The molecule has 0 aliphatic carbocycles. The van der Waals surface area contributed by atoms with E-state index in [1.807, 2.05) is 72.8 Å². The Bertz CT molecular complexity index is 2570. The molecule has 1 fully saturated rings. The van der Waals surface area contributed by atoms with Crippen molar-refractivity contribution in [1.82, 2.24) is 61.0 Å². The van der Waals surface area contributed by atoms with Gasteiger partial charge in [0.25, 0.3) is 5.91 Å². The first kappa shape index (κ1) is 50.0. The van der Waals surface area contributed by atoms with E-state index in [9.17, 15) is 14.4 Å². The van der Waals surface area contributed by atoms with Gasteiger partial charge in [-0.2, -0.15) is 0 Å². The zero-order chi connectivity index (χ0) is 47.7. The van der Waals surface area contributed by atoms with Crippen LogP contribution in [-0.2, 0) is 48.2 Å². The van der Waals surface area contributed by atoms with Crippen LogP contribution < -0.4 is 16.0 Å². The number of likely N-dealkylation sites (N-methyl/N-ethyl adjacent to an activating group) is 1. The second kappa shape index (κ2) is 25.5. The molecule has 1 saturated heterocycles. The van der Waals surface area contributed by atoms with Gasteiger partial charge < -0.3 is 39.8 Å². The highest BCUT2D eigenvalue weighted by molar-refractivity contribution is 7.99. The van der Waals surface area contributed by atoms with E-state index < -0.39 is 18.2 Å². The number of nitrogens with one attached hydrogen (secondary N) is 3. The average Bonchev–Trinajstić information content (AvgIpc) is 4.14. The number of pyridine rings is 1. The minimum Gasteiger partial charge on any atom is -0.377 e. The van der Waals surface area contributed by atoms with Crippen LogP contribution in [0.25, 0.3) is 22.0 Å². The summed E-state index contributed by atoms with van der Waals surface area (Å²) in [6.45, 7) is 7.46. The van der Waals surface area contributed by atoms with Crippen molar-refractivity contribution in [2.24, 2.45) is 0 Å². The number of fused-ring (bicyclic) bond motifs is 1. The van der Waals surface area contributed by atoms with Crippen LogP contribution in [0.3, 0.4) is 0 Å². The summed E-state index contributed by atoms with van der Waals surface area (Å²) in [5, 5.41) is 32.5. The minimum absolute atomic E-state index is 0.0760. The van der Waals surface area contributed by atoms with Crippen LogP contribution in [0, 0.1) is 0 Å². The number of aromatic nitrogens is 8. The summed E-state index contributed by atoms with van der Waals surface area (Å²) in [6, 6.07) is 25.2. The fourth-order valence-electron chi connectivity index (χ4n) is 7.49. The van der Waals surface area contributed by atoms with Crippen LogP contribution in [0.2, 0.25) is 5.02 Å². The summed E-state index contributed by atoms with van der Waals surface area (Å²) in [7, 11) is 1.69. The number of tetrazole rings is 1. The van der Waals surface area contributed by atoms with Crippen LogP contribution in [0.4, 0.5) is 0 Å².